The molecule has 1 aromatic carbocycles. The topological polar surface area (TPSA) is 46.9 Å². The molecule has 1 aliphatic carbocycles. The van der Waals surface area contributed by atoms with Gasteiger partial charge in [-0.1, -0.05) is 30.3 Å². The number of benzene rings is 1. The zero-order valence-electron chi connectivity index (χ0n) is 10.3. The number of hydrogen-bond acceptors (Lipinski definition) is 2. The molecule has 1 heterocycles. The molecule has 0 spiro atoms. The van der Waals surface area contributed by atoms with E-state index in [1.165, 1.54) is 5.56 Å². The van der Waals surface area contributed by atoms with Crippen LogP contribution in [0, 0.1) is 0 Å². The van der Waals surface area contributed by atoms with E-state index >= 15 is 0 Å². The fourth-order valence-corrected chi connectivity index (χ4v) is 2.20. The molecule has 1 aliphatic rings. The molecule has 0 saturated heterocycles. The lowest BCUT2D eigenvalue weighted by molar-refractivity contribution is 0.0930. The monoisotopic (exact) mass is 241 g/mol. The molecule has 0 atom stereocenters. The average molecular weight is 241 g/mol. The van der Waals surface area contributed by atoms with E-state index in [4.69, 9.17) is 0 Å². The summed E-state index contributed by atoms with van der Waals surface area (Å²) in [5.74, 6) is -0.0514. The minimum Gasteiger partial charge on any atom is -0.342 e. The Labute approximate surface area is 106 Å². The van der Waals surface area contributed by atoms with Crippen LogP contribution in [0.5, 0.6) is 0 Å². The van der Waals surface area contributed by atoms with Crippen molar-refractivity contribution in [2.45, 2.75) is 18.4 Å². The van der Waals surface area contributed by atoms with Crippen molar-refractivity contribution in [1.29, 1.82) is 0 Å². The zero-order valence-corrected chi connectivity index (χ0v) is 10.3. The van der Waals surface area contributed by atoms with Gasteiger partial charge in [0, 0.05) is 13.2 Å². The second kappa shape index (κ2) is 3.98. The van der Waals surface area contributed by atoms with Crippen molar-refractivity contribution in [2.75, 3.05) is 0 Å². The first-order valence-electron chi connectivity index (χ1n) is 6.06. The normalized spacial score (nSPS) is 16.3. The van der Waals surface area contributed by atoms with Crippen molar-refractivity contribution in [3.8, 4) is 0 Å². The molecule has 3 rings (SSSR count). The molecule has 1 fully saturated rings. The maximum atomic E-state index is 12.1. The first-order chi connectivity index (χ1) is 8.70. The summed E-state index contributed by atoms with van der Waals surface area (Å²) >= 11 is 0. The van der Waals surface area contributed by atoms with Crippen LogP contribution in [-0.2, 0) is 12.6 Å². The van der Waals surface area contributed by atoms with Gasteiger partial charge in [0.25, 0.3) is 5.91 Å². The first-order valence-corrected chi connectivity index (χ1v) is 6.06. The van der Waals surface area contributed by atoms with E-state index < -0.39 is 0 Å². The second-order valence-electron chi connectivity index (χ2n) is 4.80. The van der Waals surface area contributed by atoms with Crippen LogP contribution < -0.4 is 5.32 Å². The van der Waals surface area contributed by atoms with Crippen LogP contribution in [0.3, 0.4) is 0 Å². The summed E-state index contributed by atoms with van der Waals surface area (Å²) in [6.45, 7) is 0. The number of carbonyl (C=O) groups is 1. The van der Waals surface area contributed by atoms with Crippen molar-refractivity contribution in [3.05, 3.63) is 53.9 Å². The highest BCUT2D eigenvalue weighted by Crippen LogP contribution is 2.45. The van der Waals surface area contributed by atoms with E-state index in [1.54, 1.807) is 24.1 Å². The standard InChI is InChI=1S/C14H15N3O/c1-17-10-11(9-15-17)13(18)16-14(7-8-14)12-5-3-2-4-6-12/h2-6,9-10H,7-8H2,1H3,(H,16,18). The number of rotatable bonds is 3. The number of nitrogens with one attached hydrogen (secondary N) is 1. The van der Waals surface area contributed by atoms with Crippen LogP contribution in [0.2, 0.25) is 0 Å². The lowest BCUT2D eigenvalue weighted by Crippen LogP contribution is -2.34. The Hall–Kier alpha value is -2.10. The van der Waals surface area contributed by atoms with Gasteiger partial charge in [-0.25, -0.2) is 0 Å². The fraction of sp³-hybridized carbons (Fsp3) is 0.286. The van der Waals surface area contributed by atoms with Gasteiger partial charge in [-0.2, -0.15) is 5.10 Å². The van der Waals surface area contributed by atoms with Crippen molar-refractivity contribution in [1.82, 2.24) is 15.1 Å². The Kier molecular flexibility index (Phi) is 2.44. The summed E-state index contributed by atoms with van der Waals surface area (Å²) in [4.78, 5) is 12.1. The maximum absolute atomic E-state index is 12.1. The number of carbonyl (C=O) groups excluding carboxylic acids is 1. The fourth-order valence-electron chi connectivity index (χ4n) is 2.20. The van der Waals surface area contributed by atoms with E-state index in [0.29, 0.717) is 5.56 Å². The van der Waals surface area contributed by atoms with Gasteiger partial charge < -0.3 is 5.32 Å². The van der Waals surface area contributed by atoms with Crippen LogP contribution in [0.25, 0.3) is 0 Å². The first kappa shape index (κ1) is 11.0. The molecule has 1 N–H and O–H groups in total. The van der Waals surface area contributed by atoms with Gasteiger partial charge in [-0.15, -0.1) is 0 Å². The van der Waals surface area contributed by atoms with E-state index in [0.717, 1.165) is 12.8 Å². The zero-order chi connectivity index (χ0) is 12.6. The van der Waals surface area contributed by atoms with Gasteiger partial charge in [0.2, 0.25) is 0 Å². The average Bonchev–Trinajstić information content (AvgIpc) is 3.04. The highest BCUT2D eigenvalue weighted by Gasteiger charge is 2.45. The lowest BCUT2D eigenvalue weighted by atomic mass is 10.0. The Bertz CT molecular complexity index is 570. The molecule has 4 heteroatoms. The maximum Gasteiger partial charge on any atom is 0.255 e. The molecule has 92 valence electrons. The predicted octanol–water partition coefficient (Wildman–Crippen LogP) is 1.84. The molecule has 0 aliphatic heterocycles. The summed E-state index contributed by atoms with van der Waals surface area (Å²) in [6.07, 6.45) is 5.33. The summed E-state index contributed by atoms with van der Waals surface area (Å²) in [7, 11) is 1.81. The molecular formula is C14H15N3O. The Morgan fingerprint density at radius 1 is 1.33 bits per heavy atom. The van der Waals surface area contributed by atoms with Crippen molar-refractivity contribution in [3.63, 3.8) is 0 Å². The van der Waals surface area contributed by atoms with Crippen molar-refractivity contribution in [2.24, 2.45) is 7.05 Å². The van der Waals surface area contributed by atoms with E-state index in [9.17, 15) is 4.79 Å². The van der Waals surface area contributed by atoms with Gasteiger partial charge in [0.05, 0.1) is 17.3 Å². The van der Waals surface area contributed by atoms with E-state index in [-0.39, 0.29) is 11.4 Å². The van der Waals surface area contributed by atoms with Gasteiger partial charge >= 0.3 is 0 Å². The summed E-state index contributed by atoms with van der Waals surface area (Å²) < 4.78 is 1.64. The largest absolute Gasteiger partial charge is 0.342 e. The summed E-state index contributed by atoms with van der Waals surface area (Å²) in [6, 6.07) is 10.1. The Morgan fingerprint density at radius 2 is 2.06 bits per heavy atom. The minimum absolute atomic E-state index is 0.0514. The number of aryl methyl sites for hydroxylation is 1. The predicted molar refractivity (Wildman–Crippen MR) is 68.0 cm³/mol. The van der Waals surface area contributed by atoms with Gasteiger partial charge in [-0.05, 0) is 18.4 Å². The van der Waals surface area contributed by atoms with Crippen LogP contribution in [0.4, 0.5) is 0 Å². The van der Waals surface area contributed by atoms with E-state index in [1.807, 2.05) is 18.2 Å². The molecule has 0 unspecified atom stereocenters. The molecule has 18 heavy (non-hydrogen) atoms. The molecule has 1 aromatic heterocycles. The van der Waals surface area contributed by atoms with Gasteiger partial charge in [-0.3, -0.25) is 9.48 Å². The van der Waals surface area contributed by atoms with Gasteiger partial charge in [0.1, 0.15) is 0 Å². The number of amides is 1. The molecule has 1 amide bonds. The smallest absolute Gasteiger partial charge is 0.255 e. The molecule has 0 bridgehead atoms. The molecular weight excluding hydrogens is 226 g/mol. The van der Waals surface area contributed by atoms with Crippen LogP contribution in [0.1, 0.15) is 28.8 Å². The van der Waals surface area contributed by atoms with Crippen LogP contribution in [0.15, 0.2) is 42.7 Å². The minimum atomic E-state index is -0.159. The van der Waals surface area contributed by atoms with Crippen molar-refractivity contribution < 1.29 is 4.79 Å². The molecule has 4 nitrogen and oxygen atoms in total. The highest BCUT2D eigenvalue weighted by molar-refractivity contribution is 5.94. The summed E-state index contributed by atoms with van der Waals surface area (Å²) in [5.41, 5.74) is 1.63. The lowest BCUT2D eigenvalue weighted by Gasteiger charge is -2.17. The highest BCUT2D eigenvalue weighted by atomic mass is 16.1. The molecule has 2 aromatic rings. The van der Waals surface area contributed by atoms with Gasteiger partial charge in [0.15, 0.2) is 0 Å². The third-order valence-corrected chi connectivity index (χ3v) is 3.40. The summed E-state index contributed by atoms with van der Waals surface area (Å²) in [5, 5.41) is 7.14. The Balaban J connectivity index is 1.79. The third-order valence-electron chi connectivity index (χ3n) is 3.40. The Morgan fingerprint density at radius 3 is 2.61 bits per heavy atom. The molecule has 1 saturated carbocycles. The molecule has 0 radical (unpaired) electrons. The van der Waals surface area contributed by atoms with Crippen LogP contribution in [-0.4, -0.2) is 15.7 Å². The number of nitrogens with zero attached hydrogens (tertiary/aromatic N) is 2. The van der Waals surface area contributed by atoms with Crippen LogP contribution >= 0.6 is 0 Å². The SMILES string of the molecule is Cn1cc(C(=O)NC2(c3ccccc3)CC2)cn1. The number of hydrogen-bond donors (Lipinski definition) is 1. The van der Waals surface area contributed by atoms with Crippen molar-refractivity contribution >= 4 is 5.91 Å². The van der Waals surface area contributed by atoms with E-state index in [2.05, 4.69) is 22.5 Å². The third kappa shape index (κ3) is 1.90. The number of aromatic nitrogens is 2. The second-order valence-corrected chi connectivity index (χ2v) is 4.80. The quantitative estimate of drug-likeness (QED) is 0.891.